The van der Waals surface area contributed by atoms with Crippen molar-refractivity contribution in [1.29, 1.82) is 0 Å². The maximum Gasteiger partial charge on any atom is 0.232 e. The smallest absolute Gasteiger partial charge is 0.232 e. The summed E-state index contributed by atoms with van der Waals surface area (Å²) in [6, 6.07) is 6.17. The summed E-state index contributed by atoms with van der Waals surface area (Å²) in [4.78, 5) is 14.7. The highest BCUT2D eigenvalue weighted by atomic mass is 35.5. The molecule has 30 heavy (non-hydrogen) atoms. The number of nitrogens with zero attached hydrogens (tertiary/aromatic N) is 3. The van der Waals surface area contributed by atoms with E-state index in [1.165, 1.54) is 29.9 Å². The standard InChI is InChI=1S/C21H28ClN3O4S/c1-15(26)14-24-12-11-20(23-24)25(21(27)10-7-16-5-3-4-6-16)17-8-9-19(18(22)13-17)30(2,28)29/h8-9,11-13,15-16,26H,3-7,10,14H2,1-2H3/t15-/m1/s1. The number of aliphatic hydroxyl groups excluding tert-OH is 1. The van der Waals surface area contributed by atoms with Crippen LogP contribution in [0.4, 0.5) is 11.5 Å². The van der Waals surface area contributed by atoms with Gasteiger partial charge in [-0.05, 0) is 37.5 Å². The second-order valence-corrected chi connectivity index (χ2v) is 10.4. The van der Waals surface area contributed by atoms with Crippen LogP contribution in [0.3, 0.4) is 0 Å². The van der Waals surface area contributed by atoms with Crippen LogP contribution in [0, 0.1) is 5.92 Å². The molecule has 7 nitrogen and oxygen atoms in total. The van der Waals surface area contributed by atoms with Crippen molar-refractivity contribution in [2.45, 2.75) is 63.0 Å². The molecular weight excluding hydrogens is 426 g/mol. The van der Waals surface area contributed by atoms with E-state index >= 15 is 0 Å². The molecule has 1 aliphatic carbocycles. The number of hydrogen-bond donors (Lipinski definition) is 1. The fourth-order valence-corrected chi connectivity index (χ4v) is 5.24. The molecule has 0 aliphatic heterocycles. The van der Waals surface area contributed by atoms with Gasteiger partial charge in [0.1, 0.15) is 0 Å². The first-order chi connectivity index (χ1) is 14.1. The lowest BCUT2D eigenvalue weighted by atomic mass is 10.0. The third kappa shape index (κ3) is 5.62. The van der Waals surface area contributed by atoms with Crippen LogP contribution in [0.1, 0.15) is 45.4 Å². The summed E-state index contributed by atoms with van der Waals surface area (Å²) in [6.45, 7) is 1.97. The van der Waals surface area contributed by atoms with Gasteiger partial charge in [-0.25, -0.2) is 8.42 Å². The molecule has 1 N–H and O–H groups in total. The van der Waals surface area contributed by atoms with Crippen molar-refractivity contribution in [3.63, 3.8) is 0 Å². The highest BCUT2D eigenvalue weighted by molar-refractivity contribution is 7.90. The van der Waals surface area contributed by atoms with Crippen LogP contribution in [0.25, 0.3) is 0 Å². The number of sulfone groups is 1. The molecule has 2 aromatic rings. The fourth-order valence-electron chi connectivity index (χ4n) is 3.91. The van der Waals surface area contributed by atoms with Crippen LogP contribution in [0.5, 0.6) is 0 Å². The number of aromatic nitrogens is 2. The van der Waals surface area contributed by atoms with Crippen LogP contribution >= 0.6 is 11.6 Å². The van der Waals surface area contributed by atoms with E-state index in [0.717, 1.165) is 25.5 Å². The second kappa shape index (κ2) is 9.49. The molecule has 1 atom stereocenters. The molecule has 1 heterocycles. The SMILES string of the molecule is C[C@@H](O)Cn1ccc(N(C(=O)CCC2CCCC2)c2ccc(S(C)(=O)=O)c(Cl)c2)n1. The molecule has 1 aromatic carbocycles. The summed E-state index contributed by atoms with van der Waals surface area (Å²) >= 11 is 6.23. The third-order valence-electron chi connectivity index (χ3n) is 5.37. The van der Waals surface area contributed by atoms with Gasteiger partial charge in [-0.1, -0.05) is 37.3 Å². The van der Waals surface area contributed by atoms with Gasteiger partial charge in [0.2, 0.25) is 5.91 Å². The number of aliphatic hydroxyl groups is 1. The Hall–Kier alpha value is -1.90. The van der Waals surface area contributed by atoms with Crippen molar-refractivity contribution < 1.29 is 18.3 Å². The largest absolute Gasteiger partial charge is 0.391 e. The highest BCUT2D eigenvalue weighted by Crippen LogP contribution is 2.33. The van der Waals surface area contributed by atoms with Gasteiger partial charge >= 0.3 is 0 Å². The number of carbonyl (C=O) groups excluding carboxylic acids is 1. The Kier molecular flexibility index (Phi) is 7.21. The highest BCUT2D eigenvalue weighted by Gasteiger charge is 2.24. The first-order valence-electron chi connectivity index (χ1n) is 10.2. The van der Waals surface area contributed by atoms with Gasteiger partial charge in [0.15, 0.2) is 15.7 Å². The van der Waals surface area contributed by atoms with Crippen LogP contribution < -0.4 is 4.90 Å². The Bertz CT molecular complexity index is 997. The molecule has 0 unspecified atom stereocenters. The number of rotatable bonds is 8. The molecule has 1 aliphatic rings. The molecule has 1 saturated carbocycles. The topological polar surface area (TPSA) is 92.5 Å². The van der Waals surface area contributed by atoms with E-state index in [1.807, 2.05) is 0 Å². The van der Waals surface area contributed by atoms with Gasteiger partial charge in [0.05, 0.1) is 28.3 Å². The second-order valence-electron chi connectivity index (χ2n) is 8.05. The normalized spacial score (nSPS) is 16.0. The van der Waals surface area contributed by atoms with E-state index in [2.05, 4.69) is 5.10 Å². The summed E-state index contributed by atoms with van der Waals surface area (Å²) in [5.74, 6) is 0.863. The predicted molar refractivity (Wildman–Crippen MR) is 117 cm³/mol. The molecule has 0 bridgehead atoms. The molecule has 0 radical (unpaired) electrons. The van der Waals surface area contributed by atoms with Gasteiger partial charge < -0.3 is 5.11 Å². The Labute approximate surface area is 182 Å². The lowest BCUT2D eigenvalue weighted by Gasteiger charge is -2.22. The molecule has 9 heteroatoms. The molecule has 164 valence electrons. The zero-order valence-electron chi connectivity index (χ0n) is 17.3. The Morgan fingerprint density at radius 2 is 2.03 bits per heavy atom. The number of benzene rings is 1. The van der Waals surface area contributed by atoms with Gasteiger partial charge in [-0.2, -0.15) is 5.10 Å². The Balaban J connectivity index is 1.91. The maximum atomic E-state index is 13.2. The van der Waals surface area contributed by atoms with Crippen molar-refractivity contribution in [1.82, 2.24) is 9.78 Å². The van der Waals surface area contributed by atoms with Gasteiger partial charge in [-0.3, -0.25) is 14.4 Å². The van der Waals surface area contributed by atoms with Crippen LogP contribution in [0.15, 0.2) is 35.4 Å². The molecule has 0 saturated heterocycles. The van der Waals surface area contributed by atoms with Crippen molar-refractivity contribution >= 4 is 38.9 Å². The third-order valence-corrected chi connectivity index (χ3v) is 6.95. The minimum atomic E-state index is -3.47. The summed E-state index contributed by atoms with van der Waals surface area (Å²) in [7, 11) is -3.47. The Morgan fingerprint density at radius 1 is 1.33 bits per heavy atom. The average Bonchev–Trinajstić information content (AvgIpc) is 3.31. The van der Waals surface area contributed by atoms with Crippen LogP contribution in [0.2, 0.25) is 5.02 Å². The zero-order chi connectivity index (χ0) is 21.9. The average molecular weight is 454 g/mol. The summed E-state index contributed by atoms with van der Waals surface area (Å²) in [5.41, 5.74) is 0.464. The van der Waals surface area contributed by atoms with E-state index in [4.69, 9.17) is 11.6 Å². The lowest BCUT2D eigenvalue weighted by Crippen LogP contribution is -2.27. The fraction of sp³-hybridized carbons (Fsp3) is 0.524. The van der Waals surface area contributed by atoms with Gasteiger partial charge in [0.25, 0.3) is 0 Å². The number of halogens is 1. The minimum absolute atomic E-state index is 0.0194. The first kappa shape index (κ1) is 22.8. The summed E-state index contributed by atoms with van der Waals surface area (Å²) in [6.07, 6.45) is 8.16. The van der Waals surface area contributed by atoms with E-state index in [1.54, 1.807) is 29.9 Å². The monoisotopic (exact) mass is 453 g/mol. The molecular formula is C21H28ClN3O4S. The number of carbonyl (C=O) groups is 1. The number of amides is 1. The molecule has 0 spiro atoms. The maximum absolute atomic E-state index is 13.2. The lowest BCUT2D eigenvalue weighted by molar-refractivity contribution is -0.118. The summed E-state index contributed by atoms with van der Waals surface area (Å²) < 4.78 is 25.4. The van der Waals surface area contributed by atoms with Crippen molar-refractivity contribution in [3.8, 4) is 0 Å². The van der Waals surface area contributed by atoms with E-state index in [-0.39, 0.29) is 15.8 Å². The van der Waals surface area contributed by atoms with Crippen molar-refractivity contribution in [2.75, 3.05) is 11.2 Å². The van der Waals surface area contributed by atoms with Gasteiger partial charge in [-0.15, -0.1) is 0 Å². The predicted octanol–water partition coefficient (Wildman–Crippen LogP) is 3.96. The van der Waals surface area contributed by atoms with E-state index in [0.29, 0.717) is 30.4 Å². The quantitative estimate of drug-likeness (QED) is 0.653. The van der Waals surface area contributed by atoms with E-state index in [9.17, 15) is 18.3 Å². The molecule has 1 aromatic heterocycles. The zero-order valence-corrected chi connectivity index (χ0v) is 18.9. The van der Waals surface area contributed by atoms with Crippen molar-refractivity contribution in [2.24, 2.45) is 5.92 Å². The first-order valence-corrected chi connectivity index (χ1v) is 12.5. The Morgan fingerprint density at radius 3 is 2.63 bits per heavy atom. The minimum Gasteiger partial charge on any atom is -0.391 e. The summed E-state index contributed by atoms with van der Waals surface area (Å²) in [5, 5.41) is 14.1. The molecule has 1 fully saturated rings. The van der Waals surface area contributed by atoms with Crippen molar-refractivity contribution in [3.05, 3.63) is 35.5 Å². The van der Waals surface area contributed by atoms with Crippen LogP contribution in [-0.2, 0) is 21.2 Å². The van der Waals surface area contributed by atoms with E-state index < -0.39 is 15.9 Å². The number of anilines is 2. The molecule has 3 rings (SSSR count). The van der Waals surface area contributed by atoms with Crippen LogP contribution in [-0.4, -0.2) is 41.6 Å². The van der Waals surface area contributed by atoms with Gasteiger partial charge in [0, 0.05) is 24.9 Å². The number of hydrogen-bond acceptors (Lipinski definition) is 5. The molecule has 1 amide bonds.